The molecule has 0 radical (unpaired) electrons. The van der Waals surface area contributed by atoms with Gasteiger partial charge in [-0.3, -0.25) is 0 Å². The van der Waals surface area contributed by atoms with Crippen LogP contribution in [-0.4, -0.2) is 32.5 Å². The van der Waals surface area contributed by atoms with Crippen molar-refractivity contribution >= 4 is 0 Å². The van der Waals surface area contributed by atoms with Crippen LogP contribution in [0.4, 0.5) is 0 Å². The van der Waals surface area contributed by atoms with E-state index in [1.807, 2.05) is 0 Å². The summed E-state index contributed by atoms with van der Waals surface area (Å²) in [7, 11) is 1.69. The largest absolute Gasteiger partial charge is 0.385 e. The van der Waals surface area contributed by atoms with Crippen molar-refractivity contribution in [2.24, 2.45) is 5.73 Å². The van der Waals surface area contributed by atoms with Gasteiger partial charge >= 0.3 is 0 Å². The monoisotopic (exact) mass is 145 g/mol. The van der Waals surface area contributed by atoms with Gasteiger partial charge in [-0.2, -0.15) is 0 Å². The van der Waals surface area contributed by atoms with Crippen LogP contribution in [0, 0.1) is 0 Å². The number of nitrogens with two attached hydrogens (primary N) is 1. The maximum atomic E-state index is 5.94. The van der Waals surface area contributed by atoms with Crippen LogP contribution in [0.1, 0.15) is 12.8 Å². The maximum Gasteiger partial charge on any atom is 0.0647 e. The van der Waals surface area contributed by atoms with E-state index in [0.717, 1.165) is 26.1 Å². The summed E-state index contributed by atoms with van der Waals surface area (Å²) in [6.45, 7) is 2.23. The summed E-state index contributed by atoms with van der Waals surface area (Å²) < 4.78 is 10.1. The van der Waals surface area contributed by atoms with E-state index < -0.39 is 0 Å². The summed E-state index contributed by atoms with van der Waals surface area (Å²) in [5.41, 5.74) is 5.84. The molecule has 2 N–H and O–H groups in total. The van der Waals surface area contributed by atoms with Crippen molar-refractivity contribution in [3.05, 3.63) is 0 Å². The van der Waals surface area contributed by atoms with Crippen LogP contribution >= 0.6 is 0 Å². The summed E-state index contributed by atoms with van der Waals surface area (Å²) in [6, 6.07) is 0. The maximum absolute atomic E-state index is 5.94. The van der Waals surface area contributed by atoms with E-state index in [-0.39, 0.29) is 5.54 Å². The normalized spacial score (nSPS) is 33.0. The predicted molar refractivity (Wildman–Crippen MR) is 38.8 cm³/mol. The van der Waals surface area contributed by atoms with Crippen molar-refractivity contribution in [1.82, 2.24) is 0 Å². The Kier molecular flexibility index (Phi) is 2.65. The fourth-order valence-electron chi connectivity index (χ4n) is 1.13. The van der Waals surface area contributed by atoms with E-state index in [1.165, 1.54) is 0 Å². The SMILES string of the molecule is COCC[C@]1(N)CCOC1. The van der Waals surface area contributed by atoms with Crippen LogP contribution < -0.4 is 5.73 Å². The summed E-state index contributed by atoms with van der Waals surface area (Å²) >= 11 is 0. The third-order valence-corrected chi connectivity index (χ3v) is 1.94. The lowest BCUT2D eigenvalue weighted by molar-refractivity contribution is 0.143. The standard InChI is InChI=1S/C7H15NO2/c1-9-4-2-7(8)3-5-10-6-7/h2-6,8H2,1H3/t7-/m0/s1. The van der Waals surface area contributed by atoms with Gasteiger partial charge in [-0.15, -0.1) is 0 Å². The molecule has 0 aromatic carbocycles. The molecule has 0 saturated carbocycles. The first kappa shape index (κ1) is 7.98. The number of hydrogen-bond acceptors (Lipinski definition) is 3. The Morgan fingerprint density at radius 2 is 2.50 bits per heavy atom. The Bertz CT molecular complexity index is 99.8. The van der Waals surface area contributed by atoms with Crippen molar-refractivity contribution in [1.29, 1.82) is 0 Å². The number of methoxy groups -OCH3 is 1. The molecule has 1 atom stereocenters. The minimum atomic E-state index is -0.101. The van der Waals surface area contributed by atoms with E-state index in [0.29, 0.717) is 6.61 Å². The second-order valence-electron chi connectivity index (χ2n) is 2.91. The van der Waals surface area contributed by atoms with E-state index in [1.54, 1.807) is 7.11 Å². The van der Waals surface area contributed by atoms with Crippen molar-refractivity contribution in [3.8, 4) is 0 Å². The lowest BCUT2D eigenvalue weighted by Crippen LogP contribution is -2.41. The summed E-state index contributed by atoms with van der Waals surface area (Å²) in [5, 5.41) is 0. The Balaban J connectivity index is 2.22. The average molecular weight is 145 g/mol. The molecular weight excluding hydrogens is 130 g/mol. The molecular formula is C7H15NO2. The third-order valence-electron chi connectivity index (χ3n) is 1.94. The van der Waals surface area contributed by atoms with Gasteiger partial charge in [0, 0.05) is 25.9 Å². The van der Waals surface area contributed by atoms with Crippen molar-refractivity contribution in [2.45, 2.75) is 18.4 Å². The van der Waals surface area contributed by atoms with E-state index in [4.69, 9.17) is 15.2 Å². The van der Waals surface area contributed by atoms with Crippen LogP contribution in [0.3, 0.4) is 0 Å². The first-order valence-electron chi connectivity index (χ1n) is 3.62. The molecule has 0 aromatic rings. The zero-order valence-corrected chi connectivity index (χ0v) is 6.43. The van der Waals surface area contributed by atoms with Crippen LogP contribution in [0.25, 0.3) is 0 Å². The second kappa shape index (κ2) is 3.32. The molecule has 3 nitrogen and oxygen atoms in total. The third kappa shape index (κ3) is 1.94. The van der Waals surface area contributed by atoms with E-state index in [9.17, 15) is 0 Å². The molecule has 0 amide bonds. The van der Waals surface area contributed by atoms with Crippen LogP contribution in [0.2, 0.25) is 0 Å². The van der Waals surface area contributed by atoms with Crippen molar-refractivity contribution in [2.75, 3.05) is 26.9 Å². The van der Waals surface area contributed by atoms with Gasteiger partial charge in [0.2, 0.25) is 0 Å². The molecule has 60 valence electrons. The Labute approximate surface area is 61.5 Å². The first-order valence-corrected chi connectivity index (χ1v) is 3.62. The predicted octanol–water partition coefficient (Wildman–Crippen LogP) is 0.141. The Morgan fingerprint density at radius 1 is 1.70 bits per heavy atom. The fraction of sp³-hybridized carbons (Fsp3) is 1.00. The van der Waals surface area contributed by atoms with Gasteiger partial charge in [0.05, 0.1) is 6.61 Å². The second-order valence-corrected chi connectivity index (χ2v) is 2.91. The molecule has 0 unspecified atom stereocenters. The molecule has 1 fully saturated rings. The molecule has 1 heterocycles. The van der Waals surface area contributed by atoms with Gasteiger partial charge in [-0.25, -0.2) is 0 Å². The van der Waals surface area contributed by atoms with Gasteiger partial charge in [-0.05, 0) is 12.8 Å². The zero-order chi connectivity index (χ0) is 7.45. The molecule has 10 heavy (non-hydrogen) atoms. The lowest BCUT2D eigenvalue weighted by atomic mass is 9.97. The molecule has 3 heteroatoms. The molecule has 0 aliphatic carbocycles. The van der Waals surface area contributed by atoms with Crippen molar-refractivity contribution in [3.63, 3.8) is 0 Å². The van der Waals surface area contributed by atoms with Gasteiger partial charge < -0.3 is 15.2 Å². The minimum absolute atomic E-state index is 0.101. The van der Waals surface area contributed by atoms with Gasteiger partial charge in [0.25, 0.3) is 0 Å². The highest BCUT2D eigenvalue weighted by atomic mass is 16.5. The Hall–Kier alpha value is -0.120. The van der Waals surface area contributed by atoms with Gasteiger partial charge in [0.1, 0.15) is 0 Å². The summed E-state index contributed by atoms with van der Waals surface area (Å²) in [6.07, 6.45) is 1.87. The van der Waals surface area contributed by atoms with E-state index in [2.05, 4.69) is 0 Å². The van der Waals surface area contributed by atoms with Crippen LogP contribution in [-0.2, 0) is 9.47 Å². The average Bonchev–Trinajstić information content (AvgIpc) is 2.33. The smallest absolute Gasteiger partial charge is 0.0647 e. The topological polar surface area (TPSA) is 44.5 Å². The van der Waals surface area contributed by atoms with Crippen LogP contribution in [0.15, 0.2) is 0 Å². The Morgan fingerprint density at radius 3 is 3.00 bits per heavy atom. The molecule has 0 aromatic heterocycles. The molecule has 1 aliphatic rings. The highest BCUT2D eigenvalue weighted by Crippen LogP contribution is 2.18. The molecule has 0 bridgehead atoms. The van der Waals surface area contributed by atoms with Crippen LogP contribution in [0.5, 0.6) is 0 Å². The molecule has 1 aliphatic heterocycles. The number of rotatable bonds is 3. The summed E-state index contributed by atoms with van der Waals surface area (Å²) in [5.74, 6) is 0. The highest BCUT2D eigenvalue weighted by Gasteiger charge is 2.29. The van der Waals surface area contributed by atoms with Crippen molar-refractivity contribution < 1.29 is 9.47 Å². The van der Waals surface area contributed by atoms with Gasteiger partial charge in [-0.1, -0.05) is 0 Å². The quantitative estimate of drug-likeness (QED) is 0.614. The number of ether oxygens (including phenoxy) is 2. The fourth-order valence-corrected chi connectivity index (χ4v) is 1.13. The van der Waals surface area contributed by atoms with E-state index >= 15 is 0 Å². The lowest BCUT2D eigenvalue weighted by Gasteiger charge is -2.20. The summed E-state index contributed by atoms with van der Waals surface area (Å²) in [4.78, 5) is 0. The minimum Gasteiger partial charge on any atom is -0.385 e. The zero-order valence-electron chi connectivity index (χ0n) is 6.43. The first-order chi connectivity index (χ1) is 4.77. The van der Waals surface area contributed by atoms with Gasteiger partial charge in [0.15, 0.2) is 0 Å². The number of hydrogen-bond donors (Lipinski definition) is 1. The highest BCUT2D eigenvalue weighted by molar-refractivity contribution is 4.87. The molecule has 0 spiro atoms. The molecule has 1 rings (SSSR count). The molecule has 1 saturated heterocycles.